The molecule has 1 rings (SSSR count). The molecule has 0 unspecified atom stereocenters. The molecule has 0 fully saturated rings. The van der Waals surface area contributed by atoms with E-state index >= 15 is 0 Å². The van der Waals surface area contributed by atoms with E-state index in [1.807, 2.05) is 0 Å². The quantitative estimate of drug-likeness (QED) is 0.722. The van der Waals surface area contributed by atoms with Crippen molar-refractivity contribution in [1.82, 2.24) is 9.78 Å². The molecule has 0 amide bonds. The van der Waals surface area contributed by atoms with Gasteiger partial charge in [-0.3, -0.25) is 4.68 Å². The maximum Gasteiger partial charge on any atom is 0.341 e. The smallest absolute Gasteiger partial charge is 0.341 e. The van der Waals surface area contributed by atoms with Crippen LogP contribution in [-0.4, -0.2) is 36.5 Å². The van der Waals surface area contributed by atoms with Crippen LogP contribution in [-0.2, 0) is 27.4 Å². The van der Waals surface area contributed by atoms with Gasteiger partial charge in [0.1, 0.15) is 5.56 Å². The van der Waals surface area contributed by atoms with E-state index in [9.17, 15) is 13.2 Å². The second-order valence-electron chi connectivity index (χ2n) is 3.53. The second kappa shape index (κ2) is 5.31. The maximum absolute atomic E-state index is 11.6. The van der Waals surface area contributed by atoms with Crippen molar-refractivity contribution in [2.24, 2.45) is 7.05 Å². The number of aryl methyl sites for hydroxylation is 1. The first-order chi connectivity index (χ1) is 7.91. The third-order valence-corrected chi connectivity index (χ3v) is 3.95. The number of sulfone groups is 1. The molecule has 0 bridgehead atoms. The lowest BCUT2D eigenvalue weighted by atomic mass is 10.3. The Labute approximate surface area is 100 Å². The van der Waals surface area contributed by atoms with Gasteiger partial charge < -0.3 is 4.74 Å². The van der Waals surface area contributed by atoms with Crippen LogP contribution in [0.5, 0.6) is 0 Å². The number of aromatic nitrogens is 2. The average Bonchev–Trinajstić information content (AvgIpc) is 2.61. The van der Waals surface area contributed by atoms with E-state index < -0.39 is 15.8 Å². The molecule has 7 heteroatoms. The minimum atomic E-state index is -3.20. The highest BCUT2D eigenvalue weighted by Crippen LogP contribution is 2.13. The topological polar surface area (TPSA) is 78.3 Å². The Balaban J connectivity index is 3.07. The van der Waals surface area contributed by atoms with Gasteiger partial charge in [0, 0.05) is 12.8 Å². The molecule has 0 saturated carbocycles. The van der Waals surface area contributed by atoms with E-state index in [0.717, 1.165) is 0 Å². The Kier molecular flexibility index (Phi) is 4.28. The summed E-state index contributed by atoms with van der Waals surface area (Å²) in [4.78, 5) is 11.6. The number of esters is 1. The van der Waals surface area contributed by atoms with E-state index in [1.165, 1.54) is 10.9 Å². The molecule has 0 aliphatic rings. The van der Waals surface area contributed by atoms with Crippen LogP contribution in [0, 0.1) is 0 Å². The van der Waals surface area contributed by atoms with Crippen LogP contribution in [0.3, 0.4) is 0 Å². The largest absolute Gasteiger partial charge is 0.462 e. The SMILES string of the molecule is CCOC(=O)c1cnn(C)c1CS(=O)(=O)CC. The summed E-state index contributed by atoms with van der Waals surface area (Å²) in [5, 5.41) is 3.89. The Morgan fingerprint density at radius 1 is 1.47 bits per heavy atom. The van der Waals surface area contributed by atoms with Gasteiger partial charge >= 0.3 is 5.97 Å². The van der Waals surface area contributed by atoms with Gasteiger partial charge in [0.25, 0.3) is 0 Å². The minimum absolute atomic E-state index is 0.0282. The van der Waals surface area contributed by atoms with Gasteiger partial charge in [-0.15, -0.1) is 0 Å². The lowest BCUT2D eigenvalue weighted by Gasteiger charge is -2.05. The number of hydrogen-bond acceptors (Lipinski definition) is 5. The molecule has 0 saturated heterocycles. The molecular formula is C10H16N2O4S. The molecular weight excluding hydrogens is 244 g/mol. The summed E-state index contributed by atoms with van der Waals surface area (Å²) in [6.07, 6.45) is 1.33. The first-order valence-electron chi connectivity index (χ1n) is 5.29. The molecule has 0 aromatic carbocycles. The Morgan fingerprint density at radius 2 is 2.12 bits per heavy atom. The monoisotopic (exact) mass is 260 g/mol. The number of hydrogen-bond donors (Lipinski definition) is 0. The molecule has 0 atom stereocenters. The zero-order valence-electron chi connectivity index (χ0n) is 10.1. The third-order valence-electron chi connectivity index (χ3n) is 2.35. The summed E-state index contributed by atoms with van der Waals surface area (Å²) in [5.74, 6) is -0.712. The Morgan fingerprint density at radius 3 is 2.65 bits per heavy atom. The Hall–Kier alpha value is -1.37. The number of ether oxygens (including phenoxy) is 1. The highest BCUT2D eigenvalue weighted by molar-refractivity contribution is 7.90. The van der Waals surface area contributed by atoms with Crippen LogP contribution in [0.2, 0.25) is 0 Å². The molecule has 6 nitrogen and oxygen atoms in total. The molecule has 96 valence electrons. The number of carbonyl (C=O) groups excluding carboxylic acids is 1. The Bertz CT molecular complexity index is 504. The molecule has 0 aliphatic heterocycles. The predicted molar refractivity (Wildman–Crippen MR) is 62.3 cm³/mol. The van der Waals surface area contributed by atoms with E-state index in [1.54, 1.807) is 20.9 Å². The highest BCUT2D eigenvalue weighted by Gasteiger charge is 2.21. The van der Waals surface area contributed by atoms with Crippen molar-refractivity contribution in [3.05, 3.63) is 17.5 Å². The predicted octanol–water partition coefficient (Wildman–Crippen LogP) is 0.531. The van der Waals surface area contributed by atoms with Crippen LogP contribution in [0.1, 0.15) is 29.9 Å². The summed E-state index contributed by atoms with van der Waals surface area (Å²) in [5.41, 5.74) is 0.580. The van der Waals surface area contributed by atoms with Crippen molar-refractivity contribution >= 4 is 15.8 Å². The number of rotatable bonds is 5. The van der Waals surface area contributed by atoms with Crippen molar-refractivity contribution < 1.29 is 17.9 Å². The molecule has 0 aliphatic carbocycles. The fraction of sp³-hybridized carbons (Fsp3) is 0.600. The van der Waals surface area contributed by atoms with E-state index in [2.05, 4.69) is 5.10 Å². The van der Waals surface area contributed by atoms with Gasteiger partial charge in [0.2, 0.25) is 0 Å². The van der Waals surface area contributed by atoms with E-state index in [-0.39, 0.29) is 23.7 Å². The second-order valence-corrected chi connectivity index (χ2v) is 5.88. The van der Waals surface area contributed by atoms with Crippen LogP contribution >= 0.6 is 0 Å². The lowest BCUT2D eigenvalue weighted by Crippen LogP contribution is -2.14. The van der Waals surface area contributed by atoms with Crippen LogP contribution in [0.4, 0.5) is 0 Å². The molecule has 1 aromatic heterocycles. The van der Waals surface area contributed by atoms with Crippen LogP contribution < -0.4 is 0 Å². The average molecular weight is 260 g/mol. The molecule has 1 aromatic rings. The molecule has 0 N–H and O–H groups in total. The number of nitrogens with zero attached hydrogens (tertiary/aromatic N) is 2. The zero-order valence-corrected chi connectivity index (χ0v) is 11.0. The van der Waals surface area contributed by atoms with Gasteiger partial charge in [0.15, 0.2) is 9.84 Å². The summed E-state index contributed by atoms with van der Waals surface area (Å²) in [6.45, 7) is 3.50. The third kappa shape index (κ3) is 3.29. The fourth-order valence-electron chi connectivity index (χ4n) is 1.32. The van der Waals surface area contributed by atoms with Gasteiger partial charge in [0.05, 0.1) is 24.3 Å². The normalized spacial score (nSPS) is 11.5. The van der Waals surface area contributed by atoms with Crippen molar-refractivity contribution in [2.45, 2.75) is 19.6 Å². The van der Waals surface area contributed by atoms with Crippen LogP contribution in [0.15, 0.2) is 6.20 Å². The standard InChI is InChI=1S/C10H16N2O4S/c1-4-16-10(13)8-6-11-12(3)9(8)7-17(14,15)5-2/h6H,4-5,7H2,1-3H3. The first kappa shape index (κ1) is 13.7. The minimum Gasteiger partial charge on any atom is -0.462 e. The van der Waals surface area contributed by atoms with Gasteiger partial charge in [-0.2, -0.15) is 5.10 Å². The van der Waals surface area contributed by atoms with Gasteiger partial charge in [-0.25, -0.2) is 13.2 Å². The number of carbonyl (C=O) groups is 1. The fourth-order valence-corrected chi connectivity index (χ4v) is 2.29. The molecule has 1 heterocycles. The molecule has 17 heavy (non-hydrogen) atoms. The van der Waals surface area contributed by atoms with Crippen molar-refractivity contribution in [3.8, 4) is 0 Å². The highest BCUT2D eigenvalue weighted by atomic mass is 32.2. The zero-order chi connectivity index (χ0) is 13.1. The summed E-state index contributed by atoms with van der Waals surface area (Å²) in [6, 6.07) is 0. The first-order valence-corrected chi connectivity index (χ1v) is 7.11. The van der Waals surface area contributed by atoms with E-state index in [4.69, 9.17) is 4.74 Å². The summed E-state index contributed by atoms with van der Waals surface area (Å²) < 4.78 is 29.3. The molecule has 0 spiro atoms. The van der Waals surface area contributed by atoms with Crippen molar-refractivity contribution in [2.75, 3.05) is 12.4 Å². The maximum atomic E-state index is 11.6. The summed E-state index contributed by atoms with van der Waals surface area (Å²) in [7, 11) is -1.60. The van der Waals surface area contributed by atoms with Crippen molar-refractivity contribution in [1.29, 1.82) is 0 Å². The van der Waals surface area contributed by atoms with Crippen LogP contribution in [0.25, 0.3) is 0 Å². The lowest BCUT2D eigenvalue weighted by molar-refractivity contribution is 0.0525. The van der Waals surface area contributed by atoms with Crippen molar-refractivity contribution in [3.63, 3.8) is 0 Å². The van der Waals surface area contributed by atoms with Gasteiger partial charge in [-0.05, 0) is 6.92 Å². The molecule has 0 radical (unpaired) electrons. The van der Waals surface area contributed by atoms with E-state index in [0.29, 0.717) is 5.69 Å². The summed E-state index contributed by atoms with van der Waals surface area (Å²) >= 11 is 0. The van der Waals surface area contributed by atoms with Gasteiger partial charge in [-0.1, -0.05) is 6.92 Å².